The van der Waals surface area contributed by atoms with E-state index in [1.165, 1.54) is 5.56 Å². The summed E-state index contributed by atoms with van der Waals surface area (Å²) in [4.78, 5) is 31.5. The van der Waals surface area contributed by atoms with Crippen molar-refractivity contribution in [1.82, 2.24) is 15.2 Å². The topological polar surface area (TPSA) is 71.5 Å². The van der Waals surface area contributed by atoms with Gasteiger partial charge in [0.2, 0.25) is 5.91 Å². The molecular formula is C26H31N3O3. The number of rotatable bonds is 9. The number of likely N-dealkylation sites (tertiary alicyclic amines) is 1. The van der Waals surface area contributed by atoms with Crippen molar-refractivity contribution >= 4 is 11.8 Å². The molecule has 1 N–H and O–H groups in total. The fourth-order valence-corrected chi connectivity index (χ4v) is 4.66. The Labute approximate surface area is 189 Å². The number of benzene rings is 1. The first-order valence-corrected chi connectivity index (χ1v) is 11.4. The molecule has 2 aromatic rings. The number of carbonyl (C=O) groups is 2. The van der Waals surface area contributed by atoms with Gasteiger partial charge in [-0.05, 0) is 73.4 Å². The number of nitrogens with one attached hydrogen (secondary N) is 1. The van der Waals surface area contributed by atoms with Gasteiger partial charge in [-0.2, -0.15) is 0 Å². The second-order valence-electron chi connectivity index (χ2n) is 8.79. The average Bonchev–Trinajstić information content (AvgIpc) is 3.54. The van der Waals surface area contributed by atoms with Crippen LogP contribution in [0, 0.1) is 11.3 Å². The first-order chi connectivity index (χ1) is 15.6. The van der Waals surface area contributed by atoms with Crippen molar-refractivity contribution in [2.24, 2.45) is 11.3 Å². The quantitative estimate of drug-likeness (QED) is 0.484. The summed E-state index contributed by atoms with van der Waals surface area (Å²) >= 11 is 0. The number of carbonyl (C=O) groups excluding carboxylic acids is 2. The summed E-state index contributed by atoms with van der Waals surface area (Å²) in [5.74, 6) is 0.969. The number of hydrogen-bond donors (Lipinski definition) is 1. The lowest BCUT2D eigenvalue weighted by molar-refractivity contribution is -0.123. The lowest BCUT2D eigenvalue weighted by Gasteiger charge is -2.33. The van der Waals surface area contributed by atoms with Gasteiger partial charge in [-0.3, -0.25) is 14.6 Å². The molecule has 1 aromatic heterocycles. The monoisotopic (exact) mass is 433 g/mol. The molecule has 2 aliphatic rings. The van der Waals surface area contributed by atoms with Crippen molar-refractivity contribution in [3.63, 3.8) is 0 Å². The minimum Gasteiger partial charge on any atom is -0.490 e. The van der Waals surface area contributed by atoms with Gasteiger partial charge >= 0.3 is 0 Å². The molecular weight excluding hydrogens is 402 g/mol. The second kappa shape index (κ2) is 9.98. The smallest absolute Gasteiger partial charge is 0.253 e. The van der Waals surface area contributed by atoms with E-state index in [1.54, 1.807) is 24.5 Å². The number of aryl methyl sites for hydroxylation is 1. The molecule has 2 heterocycles. The van der Waals surface area contributed by atoms with Crippen LogP contribution >= 0.6 is 0 Å². The van der Waals surface area contributed by atoms with E-state index < -0.39 is 0 Å². The minimum atomic E-state index is 0.0293. The maximum atomic E-state index is 12.9. The Morgan fingerprint density at radius 2 is 2.00 bits per heavy atom. The molecule has 2 fully saturated rings. The summed E-state index contributed by atoms with van der Waals surface area (Å²) in [6.45, 7) is 6.15. The lowest BCUT2D eigenvalue weighted by atomic mass is 9.90. The molecule has 1 spiro atoms. The van der Waals surface area contributed by atoms with E-state index >= 15 is 0 Å². The van der Waals surface area contributed by atoms with Crippen LogP contribution in [0.2, 0.25) is 0 Å². The fourth-order valence-electron chi connectivity index (χ4n) is 4.66. The Kier molecular flexibility index (Phi) is 6.88. The Bertz CT molecular complexity index is 952. The normalized spacial score (nSPS) is 18.8. The van der Waals surface area contributed by atoms with Gasteiger partial charge in [-0.1, -0.05) is 18.7 Å². The molecule has 32 heavy (non-hydrogen) atoms. The highest BCUT2D eigenvalue weighted by Crippen LogP contribution is 2.59. The van der Waals surface area contributed by atoms with Gasteiger partial charge in [-0.15, -0.1) is 0 Å². The predicted octanol–water partition coefficient (Wildman–Crippen LogP) is 3.64. The summed E-state index contributed by atoms with van der Waals surface area (Å²) in [6, 6.07) is 11.3. The molecule has 1 aliphatic heterocycles. The van der Waals surface area contributed by atoms with Crippen molar-refractivity contribution in [2.75, 3.05) is 26.2 Å². The summed E-state index contributed by atoms with van der Waals surface area (Å²) in [5, 5.41) is 3.11. The zero-order chi connectivity index (χ0) is 22.4. The number of aromatic nitrogens is 1. The predicted molar refractivity (Wildman–Crippen MR) is 123 cm³/mol. The molecule has 6 heteroatoms. The summed E-state index contributed by atoms with van der Waals surface area (Å²) in [5.41, 5.74) is 1.97. The van der Waals surface area contributed by atoms with E-state index in [1.807, 2.05) is 35.2 Å². The van der Waals surface area contributed by atoms with E-state index in [9.17, 15) is 9.59 Å². The Morgan fingerprint density at radius 3 is 2.75 bits per heavy atom. The first kappa shape index (κ1) is 22.1. The third-order valence-corrected chi connectivity index (χ3v) is 6.69. The van der Waals surface area contributed by atoms with E-state index in [-0.39, 0.29) is 23.1 Å². The van der Waals surface area contributed by atoms with Crippen molar-refractivity contribution in [3.8, 4) is 5.75 Å². The molecule has 4 rings (SSSR count). The lowest BCUT2D eigenvalue weighted by Crippen LogP contribution is -2.40. The fraction of sp³-hybridized carbons (Fsp3) is 0.423. The number of ether oxygens (including phenoxy) is 1. The SMILES string of the molecule is C=CCOc1cccc(C(=O)N2CCC3(CC2)CC3C(=O)NCCCc2ccncc2)c1. The van der Waals surface area contributed by atoms with Crippen LogP contribution in [-0.2, 0) is 11.2 Å². The first-order valence-electron chi connectivity index (χ1n) is 11.4. The van der Waals surface area contributed by atoms with Crippen molar-refractivity contribution in [1.29, 1.82) is 0 Å². The van der Waals surface area contributed by atoms with Crippen LogP contribution in [0.1, 0.15) is 41.6 Å². The minimum absolute atomic E-state index is 0.0293. The third kappa shape index (κ3) is 5.18. The zero-order valence-electron chi connectivity index (χ0n) is 18.5. The van der Waals surface area contributed by atoms with E-state index in [2.05, 4.69) is 16.9 Å². The summed E-state index contributed by atoms with van der Waals surface area (Å²) in [7, 11) is 0. The third-order valence-electron chi connectivity index (χ3n) is 6.69. The highest BCUT2D eigenvalue weighted by molar-refractivity contribution is 5.94. The maximum absolute atomic E-state index is 12.9. The van der Waals surface area contributed by atoms with Gasteiger partial charge in [0.15, 0.2) is 0 Å². The molecule has 1 unspecified atom stereocenters. The molecule has 1 saturated carbocycles. The van der Waals surface area contributed by atoms with E-state index in [0.29, 0.717) is 37.6 Å². The van der Waals surface area contributed by atoms with Crippen molar-refractivity contribution < 1.29 is 14.3 Å². The van der Waals surface area contributed by atoms with E-state index in [4.69, 9.17) is 4.74 Å². The van der Waals surface area contributed by atoms with Crippen LogP contribution in [0.3, 0.4) is 0 Å². The average molecular weight is 434 g/mol. The molecule has 0 bridgehead atoms. The van der Waals surface area contributed by atoms with Crippen LogP contribution in [-0.4, -0.2) is 47.9 Å². The van der Waals surface area contributed by atoms with Gasteiger partial charge in [0.25, 0.3) is 5.91 Å². The molecule has 1 aliphatic carbocycles. The van der Waals surface area contributed by atoms with Crippen LogP contribution in [0.15, 0.2) is 61.4 Å². The van der Waals surface area contributed by atoms with Crippen molar-refractivity contribution in [2.45, 2.75) is 32.1 Å². The van der Waals surface area contributed by atoms with Crippen LogP contribution in [0.5, 0.6) is 5.75 Å². The van der Waals surface area contributed by atoms with Gasteiger partial charge in [-0.25, -0.2) is 0 Å². The van der Waals surface area contributed by atoms with E-state index in [0.717, 1.165) is 32.1 Å². The Balaban J connectivity index is 1.21. The number of hydrogen-bond acceptors (Lipinski definition) is 4. The van der Waals surface area contributed by atoms with Crippen LogP contribution < -0.4 is 10.1 Å². The highest BCUT2D eigenvalue weighted by Gasteiger charge is 2.58. The number of piperidine rings is 1. The molecule has 1 saturated heterocycles. The standard InChI is InChI=1S/C26H31N3O3/c1-2-17-32-22-7-3-6-21(18-22)25(31)29-15-10-26(11-16-29)19-23(26)24(30)28-12-4-5-20-8-13-27-14-9-20/h2-3,6-9,13-14,18,23H,1,4-5,10-12,15-17,19H2,(H,28,30). The Hall–Kier alpha value is -3.15. The van der Waals surface area contributed by atoms with Crippen LogP contribution in [0.25, 0.3) is 0 Å². The summed E-state index contributed by atoms with van der Waals surface area (Å²) < 4.78 is 5.55. The van der Waals surface area contributed by atoms with Gasteiger partial charge < -0.3 is 15.0 Å². The molecule has 2 amide bonds. The molecule has 168 valence electrons. The zero-order valence-corrected chi connectivity index (χ0v) is 18.5. The van der Waals surface area contributed by atoms with Crippen molar-refractivity contribution in [3.05, 3.63) is 72.6 Å². The van der Waals surface area contributed by atoms with Gasteiger partial charge in [0.05, 0.1) is 0 Å². The molecule has 6 nitrogen and oxygen atoms in total. The molecule has 1 aromatic carbocycles. The highest BCUT2D eigenvalue weighted by atomic mass is 16.5. The van der Waals surface area contributed by atoms with Crippen LogP contribution in [0.4, 0.5) is 0 Å². The second-order valence-corrected chi connectivity index (χ2v) is 8.79. The van der Waals surface area contributed by atoms with Gasteiger partial charge in [0.1, 0.15) is 12.4 Å². The molecule has 0 radical (unpaired) electrons. The Morgan fingerprint density at radius 1 is 1.22 bits per heavy atom. The number of pyridine rings is 1. The summed E-state index contributed by atoms with van der Waals surface area (Å²) in [6.07, 6.45) is 9.86. The van der Waals surface area contributed by atoms with Gasteiger partial charge in [0, 0.05) is 43.5 Å². The largest absolute Gasteiger partial charge is 0.490 e. The number of amides is 2. The number of nitrogens with zero attached hydrogens (tertiary/aromatic N) is 2. The maximum Gasteiger partial charge on any atom is 0.253 e. The molecule has 1 atom stereocenters.